The zero-order valence-electron chi connectivity index (χ0n) is 16.3. The van der Waals surface area contributed by atoms with Crippen molar-refractivity contribution in [2.45, 2.75) is 18.5 Å². The summed E-state index contributed by atoms with van der Waals surface area (Å²) in [5.74, 6) is -11.7. The van der Waals surface area contributed by atoms with Crippen LogP contribution in [0.1, 0.15) is 16.7 Å². The molecule has 0 saturated carbocycles. The third kappa shape index (κ3) is 3.39. The van der Waals surface area contributed by atoms with E-state index in [4.69, 9.17) is 0 Å². The van der Waals surface area contributed by atoms with Crippen LogP contribution in [-0.2, 0) is 23.3 Å². The van der Waals surface area contributed by atoms with Crippen molar-refractivity contribution in [3.8, 4) is 0 Å². The maximum Gasteiger partial charge on any atom is 0.325 e. The van der Waals surface area contributed by atoms with E-state index in [-0.39, 0.29) is 6.42 Å². The molecule has 3 aromatic carbocycles. The molecule has 4 rings (SSSR count). The summed E-state index contributed by atoms with van der Waals surface area (Å²) in [6, 6.07) is 15.9. The Morgan fingerprint density at radius 3 is 1.78 bits per heavy atom. The Morgan fingerprint density at radius 1 is 0.719 bits per heavy atom. The predicted octanol–water partition coefficient (Wildman–Crippen LogP) is 4.57. The van der Waals surface area contributed by atoms with Crippen molar-refractivity contribution in [2.75, 3.05) is 0 Å². The number of hydrogen-bond donors (Lipinski definition) is 1. The van der Waals surface area contributed by atoms with E-state index in [2.05, 4.69) is 5.32 Å². The van der Waals surface area contributed by atoms with E-state index in [9.17, 15) is 31.5 Å². The van der Waals surface area contributed by atoms with Crippen LogP contribution in [0.25, 0.3) is 0 Å². The van der Waals surface area contributed by atoms with E-state index in [0.717, 1.165) is 0 Å². The molecule has 1 unspecified atom stereocenters. The number of rotatable bonds is 5. The molecule has 0 aromatic heterocycles. The Labute approximate surface area is 179 Å². The van der Waals surface area contributed by atoms with Crippen molar-refractivity contribution in [3.05, 3.63) is 106 Å². The lowest BCUT2D eigenvalue weighted by atomic mass is 9.83. The van der Waals surface area contributed by atoms with Gasteiger partial charge < -0.3 is 5.32 Å². The molecule has 4 nitrogen and oxygen atoms in total. The van der Waals surface area contributed by atoms with Crippen LogP contribution >= 0.6 is 0 Å². The molecule has 1 fully saturated rings. The summed E-state index contributed by atoms with van der Waals surface area (Å²) in [5.41, 5.74) is -1.80. The minimum Gasteiger partial charge on any atom is -0.319 e. The Kier molecular flexibility index (Phi) is 5.41. The van der Waals surface area contributed by atoms with E-state index in [0.29, 0.717) is 16.0 Å². The largest absolute Gasteiger partial charge is 0.325 e. The average Bonchev–Trinajstić information content (AvgIpc) is 3.05. The van der Waals surface area contributed by atoms with Gasteiger partial charge in [0, 0.05) is 12.0 Å². The van der Waals surface area contributed by atoms with Crippen LogP contribution < -0.4 is 5.32 Å². The highest BCUT2D eigenvalue weighted by Gasteiger charge is 2.52. The first-order chi connectivity index (χ1) is 15.3. The van der Waals surface area contributed by atoms with Gasteiger partial charge in [0.15, 0.2) is 28.8 Å². The maximum atomic E-state index is 14.2. The zero-order valence-corrected chi connectivity index (χ0v) is 16.3. The summed E-state index contributed by atoms with van der Waals surface area (Å²) in [6.45, 7) is -1.13. The van der Waals surface area contributed by atoms with Gasteiger partial charge in [0.25, 0.3) is 5.91 Å². The fraction of sp³-hybridized carbons (Fsp3) is 0.130. The number of urea groups is 1. The Hall–Kier alpha value is -3.75. The van der Waals surface area contributed by atoms with Gasteiger partial charge in [-0.3, -0.25) is 9.69 Å². The van der Waals surface area contributed by atoms with Crippen molar-refractivity contribution in [3.63, 3.8) is 0 Å². The van der Waals surface area contributed by atoms with Gasteiger partial charge in [0.1, 0.15) is 0 Å². The van der Waals surface area contributed by atoms with Crippen molar-refractivity contribution >= 4 is 11.9 Å². The van der Waals surface area contributed by atoms with Gasteiger partial charge in [-0.25, -0.2) is 26.7 Å². The zero-order chi connectivity index (χ0) is 23.0. The molecule has 1 heterocycles. The molecule has 3 aromatic rings. The molecule has 0 aliphatic carbocycles. The highest BCUT2D eigenvalue weighted by Crippen LogP contribution is 2.35. The monoisotopic (exact) mass is 446 g/mol. The number of nitrogens with one attached hydrogen (secondary N) is 1. The van der Waals surface area contributed by atoms with Crippen molar-refractivity contribution in [1.29, 1.82) is 0 Å². The summed E-state index contributed by atoms with van der Waals surface area (Å²) in [5, 5.41) is 2.56. The first-order valence-corrected chi connectivity index (χ1v) is 9.50. The SMILES string of the molecule is O=C1NC(Cc2ccccc2)(c2ccccc2)C(=O)N1Cc1c(F)c(F)c(F)c(F)c1F. The van der Waals surface area contributed by atoms with Crippen LogP contribution in [0.2, 0.25) is 0 Å². The Morgan fingerprint density at radius 2 is 1.22 bits per heavy atom. The third-order valence-corrected chi connectivity index (χ3v) is 5.37. The Bertz CT molecular complexity index is 1180. The van der Waals surface area contributed by atoms with Crippen LogP contribution in [0.4, 0.5) is 26.7 Å². The first kappa shape index (κ1) is 21.5. The van der Waals surface area contributed by atoms with Gasteiger partial charge in [-0.05, 0) is 11.1 Å². The van der Waals surface area contributed by atoms with Gasteiger partial charge >= 0.3 is 6.03 Å². The second-order valence-corrected chi connectivity index (χ2v) is 7.30. The molecule has 164 valence electrons. The summed E-state index contributed by atoms with van der Waals surface area (Å²) in [6.07, 6.45) is 0.00995. The standard InChI is InChI=1S/C23H15F5N2O2/c24-16-15(17(25)19(27)20(28)18(16)26)12-30-21(31)23(29-22(30)32,14-9-5-2-6-10-14)11-13-7-3-1-4-8-13/h1-10H,11-12H2,(H,29,32). The third-order valence-electron chi connectivity index (χ3n) is 5.37. The molecular formula is C23H15F5N2O2. The lowest BCUT2D eigenvalue weighted by Crippen LogP contribution is -2.46. The number of hydrogen-bond acceptors (Lipinski definition) is 2. The lowest BCUT2D eigenvalue weighted by molar-refractivity contribution is -0.132. The van der Waals surface area contributed by atoms with Gasteiger partial charge in [-0.1, -0.05) is 60.7 Å². The number of carbonyl (C=O) groups is 2. The Balaban J connectivity index is 1.78. The first-order valence-electron chi connectivity index (χ1n) is 9.50. The molecule has 9 heteroatoms. The lowest BCUT2D eigenvalue weighted by Gasteiger charge is -2.27. The summed E-state index contributed by atoms with van der Waals surface area (Å²) in [7, 11) is 0. The second kappa shape index (κ2) is 8.07. The molecule has 1 N–H and O–H groups in total. The average molecular weight is 446 g/mol. The maximum absolute atomic E-state index is 14.2. The van der Waals surface area contributed by atoms with Crippen molar-refractivity contribution < 1.29 is 31.5 Å². The quantitative estimate of drug-likeness (QED) is 0.270. The number of carbonyl (C=O) groups excluding carboxylic acids is 2. The molecule has 32 heavy (non-hydrogen) atoms. The number of imide groups is 1. The van der Waals surface area contributed by atoms with Crippen LogP contribution in [0.5, 0.6) is 0 Å². The van der Waals surface area contributed by atoms with E-state index in [1.165, 1.54) is 0 Å². The number of amides is 3. The minimum absolute atomic E-state index is 0.00995. The smallest absolute Gasteiger partial charge is 0.319 e. The van der Waals surface area contributed by atoms with Crippen LogP contribution in [0.3, 0.4) is 0 Å². The summed E-state index contributed by atoms with van der Waals surface area (Å²) >= 11 is 0. The van der Waals surface area contributed by atoms with Gasteiger partial charge in [-0.2, -0.15) is 0 Å². The van der Waals surface area contributed by atoms with Crippen LogP contribution in [-0.4, -0.2) is 16.8 Å². The molecule has 0 radical (unpaired) electrons. The van der Waals surface area contributed by atoms with Crippen molar-refractivity contribution in [1.82, 2.24) is 10.2 Å². The van der Waals surface area contributed by atoms with E-state index in [1.54, 1.807) is 60.7 Å². The highest BCUT2D eigenvalue weighted by atomic mass is 19.2. The van der Waals surface area contributed by atoms with Crippen LogP contribution in [0, 0.1) is 29.1 Å². The summed E-state index contributed by atoms with van der Waals surface area (Å²) < 4.78 is 68.9. The van der Waals surface area contributed by atoms with Gasteiger partial charge in [-0.15, -0.1) is 0 Å². The minimum atomic E-state index is -2.32. The molecule has 1 saturated heterocycles. The second-order valence-electron chi connectivity index (χ2n) is 7.30. The topological polar surface area (TPSA) is 49.4 Å². The van der Waals surface area contributed by atoms with E-state index < -0.39 is 58.7 Å². The predicted molar refractivity (Wildman–Crippen MR) is 104 cm³/mol. The van der Waals surface area contributed by atoms with Gasteiger partial charge in [0.2, 0.25) is 5.82 Å². The van der Waals surface area contributed by atoms with Gasteiger partial charge in [0.05, 0.1) is 6.54 Å². The molecule has 0 spiro atoms. The van der Waals surface area contributed by atoms with E-state index >= 15 is 0 Å². The molecule has 1 atom stereocenters. The number of nitrogens with zero attached hydrogens (tertiary/aromatic N) is 1. The van der Waals surface area contributed by atoms with Crippen LogP contribution in [0.15, 0.2) is 60.7 Å². The highest BCUT2D eigenvalue weighted by molar-refractivity contribution is 6.07. The molecule has 0 bridgehead atoms. The van der Waals surface area contributed by atoms with Crippen molar-refractivity contribution in [2.24, 2.45) is 0 Å². The fourth-order valence-corrected chi connectivity index (χ4v) is 3.76. The number of benzene rings is 3. The molecular weight excluding hydrogens is 431 g/mol. The number of halogens is 5. The molecule has 1 aliphatic heterocycles. The molecule has 1 aliphatic rings. The summed E-state index contributed by atoms with van der Waals surface area (Å²) in [4.78, 5) is 26.6. The molecule has 3 amide bonds. The van der Waals surface area contributed by atoms with E-state index in [1.807, 2.05) is 0 Å². The fourth-order valence-electron chi connectivity index (χ4n) is 3.76. The normalized spacial score (nSPS) is 18.2.